The molecule has 0 bridgehead atoms. The molecule has 0 saturated heterocycles. The van der Waals surface area contributed by atoms with E-state index in [2.05, 4.69) is 37.9 Å². The molecule has 3 aromatic rings. The van der Waals surface area contributed by atoms with Crippen molar-refractivity contribution < 1.29 is 4.39 Å². The molecule has 0 radical (unpaired) electrons. The Balaban J connectivity index is 2.19. The highest BCUT2D eigenvalue weighted by atomic mass is 32.1. The van der Waals surface area contributed by atoms with Gasteiger partial charge in [-0.05, 0) is 47.5 Å². The van der Waals surface area contributed by atoms with Crippen molar-refractivity contribution in [3.63, 3.8) is 0 Å². The summed E-state index contributed by atoms with van der Waals surface area (Å²) in [4.78, 5) is 3.11. The van der Waals surface area contributed by atoms with Gasteiger partial charge in [0.1, 0.15) is 5.82 Å². The highest BCUT2D eigenvalue weighted by molar-refractivity contribution is 7.71. The molecule has 1 heterocycles. The van der Waals surface area contributed by atoms with Crippen LogP contribution in [0.1, 0.15) is 26.3 Å². The molecule has 21 heavy (non-hydrogen) atoms. The lowest BCUT2D eigenvalue weighted by molar-refractivity contribution is 0.590. The van der Waals surface area contributed by atoms with Gasteiger partial charge in [-0.3, -0.25) is 4.57 Å². The number of halogens is 1. The van der Waals surface area contributed by atoms with Crippen LogP contribution in [0, 0.1) is 10.6 Å². The summed E-state index contributed by atoms with van der Waals surface area (Å²) < 4.78 is 15.9. The normalized spacial score (nSPS) is 12.0. The Morgan fingerprint density at radius 1 is 1.05 bits per heavy atom. The van der Waals surface area contributed by atoms with Crippen LogP contribution in [0.25, 0.3) is 16.7 Å². The molecular formula is C17H17FN2S. The second-order valence-electron chi connectivity index (χ2n) is 6.22. The van der Waals surface area contributed by atoms with E-state index in [1.165, 1.54) is 17.7 Å². The molecule has 0 unspecified atom stereocenters. The summed E-state index contributed by atoms with van der Waals surface area (Å²) in [7, 11) is 0. The summed E-state index contributed by atoms with van der Waals surface area (Å²) in [5.41, 5.74) is 3.88. The Labute approximate surface area is 128 Å². The Hall–Kier alpha value is -1.94. The van der Waals surface area contributed by atoms with Crippen LogP contribution in [0.15, 0.2) is 42.5 Å². The number of hydrogen-bond acceptors (Lipinski definition) is 1. The zero-order valence-electron chi connectivity index (χ0n) is 12.3. The minimum absolute atomic E-state index is 0.103. The van der Waals surface area contributed by atoms with Crippen LogP contribution in [0.2, 0.25) is 0 Å². The molecule has 3 rings (SSSR count). The molecule has 1 aromatic heterocycles. The van der Waals surface area contributed by atoms with Crippen molar-refractivity contribution >= 4 is 23.3 Å². The molecular weight excluding hydrogens is 283 g/mol. The monoisotopic (exact) mass is 300 g/mol. The minimum atomic E-state index is -0.267. The standard InChI is InChI=1S/C17H17FN2S/c1-17(2,3)11-4-7-13(8-5-11)20-15-10-12(18)6-9-14(15)19-16(20)21/h4-10H,1-3H3,(H,19,21). The van der Waals surface area contributed by atoms with Crippen molar-refractivity contribution in [2.24, 2.45) is 0 Å². The third-order valence-corrected chi connectivity index (χ3v) is 3.92. The molecule has 108 valence electrons. The van der Waals surface area contributed by atoms with Crippen LogP contribution in [0.3, 0.4) is 0 Å². The van der Waals surface area contributed by atoms with Crippen molar-refractivity contribution in [1.29, 1.82) is 0 Å². The van der Waals surface area contributed by atoms with E-state index in [1.807, 2.05) is 16.7 Å². The maximum Gasteiger partial charge on any atom is 0.182 e. The number of aromatic amines is 1. The zero-order valence-corrected chi connectivity index (χ0v) is 13.1. The van der Waals surface area contributed by atoms with Crippen LogP contribution in [-0.2, 0) is 5.41 Å². The van der Waals surface area contributed by atoms with E-state index in [0.717, 1.165) is 16.7 Å². The molecule has 0 atom stereocenters. The first-order chi connectivity index (χ1) is 9.86. The number of hydrogen-bond donors (Lipinski definition) is 1. The summed E-state index contributed by atoms with van der Waals surface area (Å²) in [6.07, 6.45) is 0. The van der Waals surface area contributed by atoms with Gasteiger partial charge in [0, 0.05) is 11.8 Å². The second kappa shape index (κ2) is 4.81. The van der Waals surface area contributed by atoms with E-state index in [1.54, 1.807) is 6.07 Å². The Bertz CT molecular complexity index is 851. The van der Waals surface area contributed by atoms with Gasteiger partial charge in [0.25, 0.3) is 0 Å². The van der Waals surface area contributed by atoms with E-state index in [0.29, 0.717) is 4.77 Å². The van der Waals surface area contributed by atoms with Crippen molar-refractivity contribution in [3.05, 3.63) is 58.6 Å². The predicted octanol–water partition coefficient (Wildman–Crippen LogP) is 5.12. The maximum atomic E-state index is 13.5. The summed E-state index contributed by atoms with van der Waals surface area (Å²) in [6.45, 7) is 6.53. The molecule has 0 amide bonds. The first-order valence-electron chi connectivity index (χ1n) is 6.87. The molecule has 0 aliphatic heterocycles. The molecule has 0 fully saturated rings. The van der Waals surface area contributed by atoms with E-state index in [9.17, 15) is 4.39 Å². The zero-order chi connectivity index (χ0) is 15.2. The Morgan fingerprint density at radius 2 is 1.71 bits per heavy atom. The topological polar surface area (TPSA) is 20.7 Å². The van der Waals surface area contributed by atoms with Gasteiger partial charge >= 0.3 is 0 Å². The fourth-order valence-corrected chi connectivity index (χ4v) is 2.76. The highest BCUT2D eigenvalue weighted by Gasteiger charge is 2.14. The third-order valence-electron chi connectivity index (χ3n) is 3.64. The number of nitrogens with one attached hydrogen (secondary N) is 1. The second-order valence-corrected chi connectivity index (χ2v) is 6.61. The molecule has 0 aliphatic rings. The van der Waals surface area contributed by atoms with Crippen LogP contribution >= 0.6 is 12.2 Å². The molecule has 0 spiro atoms. The summed E-state index contributed by atoms with van der Waals surface area (Å²) in [6, 6.07) is 12.9. The lowest BCUT2D eigenvalue weighted by Crippen LogP contribution is -2.10. The Morgan fingerprint density at radius 3 is 2.33 bits per heavy atom. The Kier molecular flexibility index (Phi) is 3.21. The van der Waals surface area contributed by atoms with Crippen molar-refractivity contribution in [3.8, 4) is 5.69 Å². The van der Waals surface area contributed by atoms with Gasteiger partial charge < -0.3 is 4.98 Å². The average Bonchev–Trinajstić information content (AvgIpc) is 2.73. The lowest BCUT2D eigenvalue weighted by atomic mass is 9.87. The lowest BCUT2D eigenvalue weighted by Gasteiger charge is -2.19. The average molecular weight is 300 g/mol. The van der Waals surface area contributed by atoms with Gasteiger partial charge in [-0.25, -0.2) is 4.39 Å². The molecule has 0 aliphatic carbocycles. The van der Waals surface area contributed by atoms with Gasteiger partial charge in [-0.2, -0.15) is 0 Å². The van der Waals surface area contributed by atoms with Crippen molar-refractivity contribution in [2.45, 2.75) is 26.2 Å². The van der Waals surface area contributed by atoms with Crippen LogP contribution in [0.5, 0.6) is 0 Å². The maximum absolute atomic E-state index is 13.5. The summed E-state index contributed by atoms with van der Waals surface area (Å²) in [5, 5.41) is 0. The van der Waals surface area contributed by atoms with Gasteiger partial charge in [-0.1, -0.05) is 32.9 Å². The van der Waals surface area contributed by atoms with E-state index >= 15 is 0 Å². The van der Waals surface area contributed by atoms with Crippen molar-refractivity contribution in [2.75, 3.05) is 0 Å². The van der Waals surface area contributed by atoms with Gasteiger partial charge in [0.2, 0.25) is 0 Å². The van der Waals surface area contributed by atoms with E-state index < -0.39 is 0 Å². The molecule has 4 heteroatoms. The fourth-order valence-electron chi connectivity index (χ4n) is 2.44. The number of rotatable bonds is 1. The van der Waals surface area contributed by atoms with Crippen LogP contribution in [-0.4, -0.2) is 9.55 Å². The molecule has 2 aromatic carbocycles. The quantitative estimate of drug-likeness (QED) is 0.618. The number of nitrogens with zero attached hydrogens (tertiary/aromatic N) is 1. The van der Waals surface area contributed by atoms with Crippen LogP contribution in [0.4, 0.5) is 4.39 Å². The van der Waals surface area contributed by atoms with Crippen molar-refractivity contribution in [1.82, 2.24) is 9.55 Å². The smallest absolute Gasteiger partial charge is 0.182 e. The predicted molar refractivity (Wildman–Crippen MR) is 87.1 cm³/mol. The van der Waals surface area contributed by atoms with Crippen LogP contribution < -0.4 is 0 Å². The summed E-state index contributed by atoms with van der Waals surface area (Å²) >= 11 is 5.37. The number of H-pyrrole nitrogens is 1. The van der Waals surface area contributed by atoms with Gasteiger partial charge in [0.15, 0.2) is 4.77 Å². The minimum Gasteiger partial charge on any atom is -0.330 e. The highest BCUT2D eigenvalue weighted by Crippen LogP contribution is 2.25. The molecule has 2 nitrogen and oxygen atoms in total. The number of aromatic nitrogens is 2. The molecule has 0 saturated carbocycles. The molecule has 1 N–H and O–H groups in total. The third kappa shape index (κ3) is 2.51. The van der Waals surface area contributed by atoms with Gasteiger partial charge in [0.05, 0.1) is 11.0 Å². The summed E-state index contributed by atoms with van der Waals surface area (Å²) in [5.74, 6) is -0.267. The first-order valence-corrected chi connectivity index (χ1v) is 7.28. The fraction of sp³-hybridized carbons (Fsp3) is 0.235. The van der Waals surface area contributed by atoms with Gasteiger partial charge in [-0.15, -0.1) is 0 Å². The SMILES string of the molecule is CC(C)(C)c1ccc(-n2c(=S)[nH]c3ccc(F)cc32)cc1. The largest absolute Gasteiger partial charge is 0.330 e. The number of benzene rings is 2. The number of imidazole rings is 1. The van der Waals surface area contributed by atoms with E-state index in [-0.39, 0.29) is 11.2 Å². The van der Waals surface area contributed by atoms with E-state index in [4.69, 9.17) is 12.2 Å². The number of fused-ring (bicyclic) bond motifs is 1. The first kappa shape index (κ1) is 14.0.